The van der Waals surface area contributed by atoms with Crippen LogP contribution >= 0.6 is 16.5 Å². The Morgan fingerprint density at radius 1 is 1.15 bits per heavy atom. The van der Waals surface area contributed by atoms with Crippen molar-refractivity contribution in [3.8, 4) is 0 Å². The molecule has 0 spiro atoms. The Morgan fingerprint density at radius 2 is 1.62 bits per heavy atom. The van der Waals surface area contributed by atoms with Crippen LogP contribution in [0.15, 0.2) is 0 Å². The smallest absolute Gasteiger partial charge is 0.396 e. The Bertz CT molecular complexity index is 134. The van der Waals surface area contributed by atoms with Gasteiger partial charge in [0.2, 0.25) is 0 Å². The van der Waals surface area contributed by atoms with Gasteiger partial charge in [0.15, 0.2) is 4.31 Å². The van der Waals surface area contributed by atoms with E-state index in [0.29, 0.717) is 6.61 Å². The highest BCUT2D eigenvalue weighted by Gasteiger charge is 2.31. The third-order valence-corrected chi connectivity index (χ3v) is 2.02. The molecule has 3 N–H and O–H groups in total. The van der Waals surface area contributed by atoms with E-state index in [1.165, 1.54) is 6.42 Å². The summed E-state index contributed by atoms with van der Waals surface area (Å²) >= 11 is 0. The molecule has 0 aromatic rings. The van der Waals surface area contributed by atoms with E-state index in [0.717, 1.165) is 12.8 Å². The predicted octanol–water partition coefficient (Wildman–Crippen LogP) is 1.47. The average molecular weight is 232 g/mol. The lowest BCUT2D eigenvalue weighted by atomic mass is 10.3. The first-order chi connectivity index (χ1) is 6.04. The predicted molar refractivity (Wildman–Crippen MR) is 47.3 cm³/mol. The van der Waals surface area contributed by atoms with E-state index in [2.05, 4.69) is 11.2 Å². The molecule has 0 amide bonds. The summed E-state index contributed by atoms with van der Waals surface area (Å²) in [6.07, 6.45) is 3.33. The van der Waals surface area contributed by atoms with Crippen molar-refractivity contribution < 1.29 is 28.3 Å². The second kappa shape index (κ2) is 12.0. The van der Waals surface area contributed by atoms with Crippen LogP contribution in [0.25, 0.3) is 0 Å². The minimum Gasteiger partial charge on any atom is -0.396 e. The monoisotopic (exact) mass is 232 g/mol. The number of rotatable bonds is 5. The van der Waals surface area contributed by atoms with Gasteiger partial charge in [0.1, 0.15) is 0 Å². The SMILES string of the molecule is CCCCCO.O=[P+](O)O[P+](=O)O. The summed E-state index contributed by atoms with van der Waals surface area (Å²) in [5.41, 5.74) is 0. The molecule has 0 radical (unpaired) electrons. The average Bonchev–Trinajstić information content (AvgIpc) is 1.99. The molecule has 0 aliphatic carbocycles. The van der Waals surface area contributed by atoms with Crippen molar-refractivity contribution in [2.24, 2.45) is 0 Å². The van der Waals surface area contributed by atoms with Gasteiger partial charge in [0, 0.05) is 15.7 Å². The molecule has 13 heavy (non-hydrogen) atoms. The van der Waals surface area contributed by atoms with Gasteiger partial charge in [-0.05, 0) is 6.42 Å². The quantitative estimate of drug-likeness (QED) is 0.489. The molecule has 0 fully saturated rings. The minimum atomic E-state index is -2.92. The largest absolute Gasteiger partial charge is 0.745 e. The molecule has 2 unspecified atom stereocenters. The van der Waals surface area contributed by atoms with Crippen molar-refractivity contribution in [1.82, 2.24) is 0 Å². The number of hydrogen-bond donors (Lipinski definition) is 3. The van der Waals surface area contributed by atoms with Gasteiger partial charge in [-0.3, -0.25) is 0 Å². The van der Waals surface area contributed by atoms with Gasteiger partial charge >= 0.3 is 16.5 Å². The van der Waals surface area contributed by atoms with Crippen LogP contribution in [-0.2, 0) is 13.4 Å². The zero-order chi connectivity index (χ0) is 10.7. The van der Waals surface area contributed by atoms with Crippen LogP contribution in [0.3, 0.4) is 0 Å². The van der Waals surface area contributed by atoms with Crippen molar-refractivity contribution in [3.05, 3.63) is 0 Å². The fraction of sp³-hybridized carbons (Fsp3) is 1.00. The summed E-state index contributed by atoms with van der Waals surface area (Å²) < 4.78 is 22.2. The molecule has 0 saturated carbocycles. The number of hydrogen-bond acceptors (Lipinski definition) is 4. The molecular formula is C5H14O6P2+2. The zero-order valence-electron chi connectivity index (χ0n) is 7.29. The molecular weight excluding hydrogens is 218 g/mol. The van der Waals surface area contributed by atoms with E-state index in [-0.39, 0.29) is 0 Å². The van der Waals surface area contributed by atoms with E-state index < -0.39 is 16.5 Å². The molecule has 78 valence electrons. The van der Waals surface area contributed by atoms with Crippen LogP contribution in [0.1, 0.15) is 26.2 Å². The Balaban J connectivity index is 0. The van der Waals surface area contributed by atoms with Crippen LogP contribution < -0.4 is 0 Å². The molecule has 0 bridgehead atoms. The van der Waals surface area contributed by atoms with E-state index >= 15 is 0 Å². The molecule has 8 heteroatoms. The Labute approximate surface area is 78.5 Å². The molecule has 0 aliphatic heterocycles. The maximum Gasteiger partial charge on any atom is 0.745 e. The second-order valence-corrected chi connectivity index (χ2v) is 3.59. The Kier molecular flexibility index (Phi) is 14.4. The van der Waals surface area contributed by atoms with Gasteiger partial charge in [-0.1, -0.05) is 19.8 Å². The third-order valence-electron chi connectivity index (χ3n) is 0.901. The zero-order valence-corrected chi connectivity index (χ0v) is 9.08. The maximum absolute atomic E-state index is 9.39. The maximum atomic E-state index is 9.39. The Morgan fingerprint density at radius 3 is 1.69 bits per heavy atom. The lowest BCUT2D eigenvalue weighted by molar-refractivity contribution is 0.284. The van der Waals surface area contributed by atoms with E-state index in [4.69, 9.17) is 14.9 Å². The van der Waals surface area contributed by atoms with Gasteiger partial charge in [-0.2, -0.15) is 0 Å². The number of aliphatic hydroxyl groups is 1. The summed E-state index contributed by atoms with van der Waals surface area (Å²) in [6.45, 7) is 2.48. The van der Waals surface area contributed by atoms with Crippen LogP contribution in [0.4, 0.5) is 0 Å². The number of unbranched alkanes of at least 4 members (excludes halogenated alkanes) is 2. The normalized spacial score (nSPS) is 11.4. The highest BCUT2D eigenvalue weighted by Crippen LogP contribution is 2.30. The summed E-state index contributed by atoms with van der Waals surface area (Å²) in [6, 6.07) is 0. The van der Waals surface area contributed by atoms with E-state index in [9.17, 15) is 9.13 Å². The van der Waals surface area contributed by atoms with Crippen molar-refractivity contribution >= 4 is 16.5 Å². The first kappa shape index (κ1) is 15.5. The Hall–Kier alpha value is 0.0400. The molecule has 0 rings (SSSR count). The van der Waals surface area contributed by atoms with Crippen molar-refractivity contribution in [2.75, 3.05) is 6.61 Å². The summed E-state index contributed by atoms with van der Waals surface area (Å²) in [5, 5.41) is 8.20. The van der Waals surface area contributed by atoms with Crippen molar-refractivity contribution in [2.45, 2.75) is 26.2 Å². The first-order valence-corrected chi connectivity index (χ1v) is 5.91. The van der Waals surface area contributed by atoms with Crippen molar-refractivity contribution in [1.29, 1.82) is 0 Å². The molecule has 0 heterocycles. The minimum absolute atomic E-state index is 0.355. The lowest BCUT2D eigenvalue weighted by Crippen LogP contribution is -1.78. The van der Waals surface area contributed by atoms with Gasteiger partial charge in [0.25, 0.3) is 0 Å². The second-order valence-electron chi connectivity index (χ2n) is 1.99. The van der Waals surface area contributed by atoms with Gasteiger partial charge < -0.3 is 5.11 Å². The molecule has 6 nitrogen and oxygen atoms in total. The van der Waals surface area contributed by atoms with Crippen LogP contribution in [0.2, 0.25) is 0 Å². The molecule has 0 saturated heterocycles. The summed E-state index contributed by atoms with van der Waals surface area (Å²) in [7, 11) is -5.85. The standard InChI is InChI=1S/C5H12O.O5P2/c1-2-3-4-5-6;1-6(2)5-7(3)4/h6H,2-5H2,1H3;/p+2. The molecule has 2 atom stereocenters. The van der Waals surface area contributed by atoms with Gasteiger partial charge in [0.05, 0.1) is 0 Å². The van der Waals surface area contributed by atoms with Gasteiger partial charge in [-0.25, -0.2) is 0 Å². The first-order valence-electron chi connectivity index (χ1n) is 3.65. The highest BCUT2D eigenvalue weighted by molar-refractivity contribution is 7.46. The molecule has 0 aromatic carbocycles. The fourth-order valence-electron chi connectivity index (χ4n) is 0.422. The van der Waals surface area contributed by atoms with E-state index in [1.54, 1.807) is 0 Å². The third kappa shape index (κ3) is 24.5. The van der Waals surface area contributed by atoms with E-state index in [1.807, 2.05) is 0 Å². The van der Waals surface area contributed by atoms with Crippen molar-refractivity contribution in [3.63, 3.8) is 0 Å². The van der Waals surface area contributed by atoms with Crippen LogP contribution in [0, 0.1) is 0 Å². The summed E-state index contributed by atoms with van der Waals surface area (Å²) in [5.74, 6) is 0. The van der Waals surface area contributed by atoms with Crippen LogP contribution in [0.5, 0.6) is 0 Å². The highest BCUT2D eigenvalue weighted by atomic mass is 31.2. The number of aliphatic hydroxyl groups excluding tert-OH is 1. The molecule has 0 aromatic heterocycles. The molecule has 0 aliphatic rings. The lowest BCUT2D eigenvalue weighted by Gasteiger charge is -1.85. The summed E-state index contributed by atoms with van der Waals surface area (Å²) in [4.78, 5) is 15.3. The topological polar surface area (TPSA) is 104 Å². The van der Waals surface area contributed by atoms with Gasteiger partial charge in [-0.15, -0.1) is 9.79 Å². The fourth-order valence-corrected chi connectivity index (χ4v) is 0.900. The van der Waals surface area contributed by atoms with Crippen LogP contribution in [-0.4, -0.2) is 21.5 Å².